The Kier molecular flexibility index (Phi) is 13.2. The van der Waals surface area contributed by atoms with Crippen LogP contribution in [-0.2, 0) is 42.3 Å². The Morgan fingerprint density at radius 1 is 0.813 bits per heavy atom. The molecule has 2 saturated heterocycles. The van der Waals surface area contributed by atoms with Crippen LogP contribution in [0.3, 0.4) is 0 Å². The van der Waals surface area contributed by atoms with Gasteiger partial charge in [0, 0.05) is 65.7 Å². The molecule has 5 aromatic rings. The van der Waals surface area contributed by atoms with Crippen molar-refractivity contribution in [2.24, 2.45) is 0 Å². The number of nitriles is 1. The summed E-state index contributed by atoms with van der Waals surface area (Å²) >= 11 is 1.45. The van der Waals surface area contributed by atoms with Gasteiger partial charge in [0.15, 0.2) is 40.0 Å². The van der Waals surface area contributed by atoms with E-state index in [1.807, 2.05) is 87.6 Å². The largest absolute Gasteiger partial charge is 0.493 e. The highest BCUT2D eigenvalue weighted by atomic mass is 32.2. The van der Waals surface area contributed by atoms with E-state index in [0.29, 0.717) is 64.5 Å². The molecule has 7 heterocycles. The van der Waals surface area contributed by atoms with E-state index >= 15 is 4.79 Å². The van der Waals surface area contributed by atoms with Crippen molar-refractivity contribution in [2.45, 2.75) is 74.6 Å². The summed E-state index contributed by atoms with van der Waals surface area (Å²) in [5, 5.41) is 14.4. The number of likely N-dealkylation sites (N-methyl/N-ethyl adjacent to an activating group) is 1. The molecule has 7 atom stereocenters. The summed E-state index contributed by atoms with van der Waals surface area (Å²) in [6, 6.07) is 23.7. The van der Waals surface area contributed by atoms with E-state index in [1.54, 1.807) is 31.4 Å². The summed E-state index contributed by atoms with van der Waals surface area (Å²) in [6.07, 6.45) is 6.98. The third-order valence-electron chi connectivity index (χ3n) is 15.2. The van der Waals surface area contributed by atoms with Gasteiger partial charge < -0.3 is 37.9 Å². The van der Waals surface area contributed by atoms with E-state index < -0.39 is 64.9 Å². The lowest BCUT2D eigenvalue weighted by molar-refractivity contribution is -0.157. The maximum Gasteiger partial charge on any atom is 0.336 e. The number of aryl methyl sites for hydroxylation is 1. The average molecular weight is 1030 g/mol. The third kappa shape index (κ3) is 8.46. The van der Waals surface area contributed by atoms with Crippen molar-refractivity contribution >= 4 is 47.8 Å². The Hall–Kier alpha value is -7.62. The SMILES string of the molecule is COc1cc2c(cc1OC(=O)/C=C/c1ccccc1)CCN[C@]21CS[C@@H]2c3c(OC(C)=O)c(C)c4c(c3[C@@H](COC1=O)N1C2[C@H]2c3c(cc(C)c(OC)c3OC(=O)/C=C/c3ccccc3)C[C@H]([C@@H]1C#N)N2C)OCO4. The maximum atomic E-state index is 15.3. The zero-order valence-corrected chi connectivity index (χ0v) is 43.0. The van der Waals surface area contributed by atoms with Gasteiger partial charge in [-0.2, -0.15) is 5.26 Å². The molecule has 4 bridgehead atoms. The minimum atomic E-state index is -1.49. The van der Waals surface area contributed by atoms with E-state index in [4.69, 9.17) is 37.9 Å². The molecule has 0 saturated carbocycles. The second-order valence-electron chi connectivity index (χ2n) is 19.4. The molecule has 5 aromatic carbocycles. The molecule has 0 radical (unpaired) electrons. The van der Waals surface area contributed by atoms with Crippen LogP contribution < -0.4 is 38.5 Å². The van der Waals surface area contributed by atoms with E-state index in [2.05, 4.69) is 21.2 Å². The van der Waals surface area contributed by atoms with Crippen LogP contribution in [0.2, 0.25) is 0 Å². The molecule has 7 aliphatic heterocycles. The summed E-state index contributed by atoms with van der Waals surface area (Å²) in [5.74, 6) is -0.134. The van der Waals surface area contributed by atoms with Crippen LogP contribution in [0.15, 0.2) is 91.0 Å². The Morgan fingerprint density at radius 3 is 2.17 bits per heavy atom. The number of hydrogen-bond donors (Lipinski definition) is 1. The highest BCUT2D eigenvalue weighted by Gasteiger charge is 2.62. The number of nitrogens with one attached hydrogen (secondary N) is 1. The fraction of sp³-hybridized carbons (Fsp3) is 0.328. The van der Waals surface area contributed by atoms with E-state index in [9.17, 15) is 19.6 Å². The number of benzene rings is 5. The first kappa shape index (κ1) is 49.6. The van der Waals surface area contributed by atoms with Gasteiger partial charge >= 0.3 is 23.9 Å². The lowest BCUT2D eigenvalue weighted by atomic mass is 9.71. The summed E-state index contributed by atoms with van der Waals surface area (Å²) in [4.78, 5) is 60.3. The number of thioether (sulfide) groups is 1. The lowest BCUT2D eigenvalue weighted by Gasteiger charge is -2.62. The lowest BCUT2D eigenvalue weighted by Crippen LogP contribution is -2.69. The summed E-state index contributed by atoms with van der Waals surface area (Å²) in [7, 11) is 5.00. The molecule has 75 heavy (non-hydrogen) atoms. The van der Waals surface area contributed by atoms with Gasteiger partial charge in [0.05, 0.1) is 37.6 Å². The highest BCUT2D eigenvalue weighted by molar-refractivity contribution is 7.99. The minimum Gasteiger partial charge on any atom is -0.493 e. The topological polar surface area (TPSA) is 184 Å². The molecule has 0 amide bonds. The van der Waals surface area contributed by atoms with Crippen molar-refractivity contribution < 1.29 is 57.1 Å². The molecule has 0 aliphatic carbocycles. The number of rotatable bonds is 9. The number of methoxy groups -OCH3 is 2. The van der Waals surface area contributed by atoms with Crippen molar-refractivity contribution in [1.82, 2.24) is 15.1 Å². The molecule has 17 heteroatoms. The minimum absolute atomic E-state index is 0.0559. The summed E-state index contributed by atoms with van der Waals surface area (Å²) in [6.45, 7) is 5.06. The van der Waals surface area contributed by atoms with E-state index in [-0.39, 0.29) is 42.2 Å². The quantitative estimate of drug-likeness (QED) is 0.0856. The molecule has 1 N–H and O–H groups in total. The fourth-order valence-electron chi connectivity index (χ4n) is 12.1. The Balaban J connectivity index is 1.08. The van der Waals surface area contributed by atoms with Gasteiger partial charge in [-0.3, -0.25) is 19.9 Å². The zero-order chi connectivity index (χ0) is 52.3. The van der Waals surface area contributed by atoms with Crippen LogP contribution in [-0.4, -0.2) is 98.8 Å². The monoisotopic (exact) mass is 1030 g/mol. The Bertz CT molecular complexity index is 3270. The van der Waals surface area contributed by atoms with Gasteiger partial charge in [-0.05, 0) is 91.4 Å². The molecule has 12 rings (SSSR count). The number of nitrogens with zero attached hydrogens (tertiary/aromatic N) is 3. The van der Waals surface area contributed by atoms with Crippen LogP contribution >= 0.6 is 11.8 Å². The molecule has 1 unspecified atom stereocenters. The fourth-order valence-corrected chi connectivity index (χ4v) is 13.8. The number of piperazine rings is 1. The first-order chi connectivity index (χ1) is 36.3. The van der Waals surface area contributed by atoms with Gasteiger partial charge in [0.25, 0.3) is 0 Å². The van der Waals surface area contributed by atoms with Crippen LogP contribution in [0.25, 0.3) is 12.2 Å². The molecule has 1 spiro atoms. The van der Waals surface area contributed by atoms with Gasteiger partial charge in [0.2, 0.25) is 6.79 Å². The van der Waals surface area contributed by atoms with E-state index in [1.165, 1.54) is 37.9 Å². The van der Waals surface area contributed by atoms with Gasteiger partial charge in [-0.15, -0.1) is 11.8 Å². The summed E-state index contributed by atoms with van der Waals surface area (Å²) < 4.78 is 49.7. The number of hydrogen-bond acceptors (Lipinski definition) is 17. The van der Waals surface area contributed by atoms with Gasteiger partial charge in [-0.25, -0.2) is 14.4 Å². The van der Waals surface area contributed by atoms with Crippen LogP contribution in [0, 0.1) is 25.2 Å². The molecule has 16 nitrogen and oxygen atoms in total. The number of ether oxygens (including phenoxy) is 8. The zero-order valence-electron chi connectivity index (χ0n) is 42.2. The Morgan fingerprint density at radius 2 is 1.51 bits per heavy atom. The Labute approximate surface area is 438 Å². The molecular weight excluding hydrogens is 977 g/mol. The highest BCUT2D eigenvalue weighted by Crippen LogP contribution is 2.65. The van der Waals surface area contributed by atoms with Crippen molar-refractivity contribution in [1.29, 1.82) is 5.26 Å². The maximum absolute atomic E-state index is 15.3. The van der Waals surface area contributed by atoms with Gasteiger partial charge in [-0.1, -0.05) is 66.7 Å². The number of esters is 4. The molecule has 2 fully saturated rings. The normalized spacial score (nSPS) is 24.3. The van der Waals surface area contributed by atoms with Crippen LogP contribution in [0.4, 0.5) is 0 Å². The smallest absolute Gasteiger partial charge is 0.336 e. The van der Waals surface area contributed by atoms with Gasteiger partial charge in [0.1, 0.15) is 18.4 Å². The van der Waals surface area contributed by atoms with E-state index in [0.717, 1.165) is 27.8 Å². The predicted octanol–water partition coefficient (Wildman–Crippen LogP) is 7.81. The van der Waals surface area contributed by atoms with Crippen LogP contribution in [0.5, 0.6) is 40.2 Å². The first-order valence-electron chi connectivity index (χ1n) is 24.7. The average Bonchev–Trinajstić information content (AvgIpc) is 3.91. The number of carbonyl (C=O) groups excluding carboxylic acids is 4. The van der Waals surface area contributed by atoms with Crippen molar-refractivity contribution in [3.63, 3.8) is 0 Å². The molecule has 384 valence electrons. The standard InChI is InChI=1S/C58H54N4O12S/c1-31-23-37-24-39-40(27-59)62-41-28-69-57(66)58(38-26-42(67-5)43(25-36(38)21-22-60-58)73-44(64)19-17-34-13-9-7-10-14-34)29-75-56(48-47(41)54-53(70-30-71-54)32(2)52(48)72-33(3)63)50(62)49(61(39)4)46(37)55(51(31)68-6)74-45(65)20-18-35-15-11-8-12-16-35/h7-20,23,25-26,39-41,49-50,56,60H,21-22,24,28-30H2,1-6H3/b19-17+,20-18+/t39-,40+,41-,49-,50?,56-,58-/m1/s1. The predicted molar refractivity (Wildman–Crippen MR) is 277 cm³/mol. The van der Waals surface area contributed by atoms with Crippen molar-refractivity contribution in [2.75, 3.05) is 47.0 Å². The third-order valence-corrected chi connectivity index (χ3v) is 16.7. The second-order valence-corrected chi connectivity index (χ2v) is 20.5. The van der Waals surface area contributed by atoms with Crippen molar-refractivity contribution in [3.05, 3.63) is 147 Å². The van der Waals surface area contributed by atoms with Crippen molar-refractivity contribution in [3.8, 4) is 46.3 Å². The number of fused-ring (bicyclic) bond motifs is 9. The molecular formula is C58H54N4O12S. The van der Waals surface area contributed by atoms with Crippen LogP contribution in [0.1, 0.15) is 79.9 Å². The first-order valence-corrected chi connectivity index (χ1v) is 25.8. The molecule has 7 aliphatic rings. The number of carbonyl (C=O) groups is 4. The second kappa shape index (κ2) is 19.9. The summed E-state index contributed by atoms with van der Waals surface area (Å²) in [5.41, 5.74) is 5.59. The molecule has 0 aromatic heterocycles.